The number of aliphatic hydroxyl groups excluding tert-OH is 2. The molecule has 49 valence electrons. The predicted octanol–water partition coefficient (Wildman–Crippen LogP) is -1.24. The van der Waals surface area contributed by atoms with Crippen LogP contribution in [0.25, 0.3) is 0 Å². The van der Waals surface area contributed by atoms with E-state index in [1.54, 1.807) is 13.5 Å². The number of likely N-dealkylation sites (N-methyl/N-ethyl adjacent to an activating group) is 1. The van der Waals surface area contributed by atoms with Gasteiger partial charge in [0.05, 0.1) is 6.61 Å². The minimum absolute atomic E-state index is 0.00602. The van der Waals surface area contributed by atoms with Crippen LogP contribution in [0.5, 0.6) is 0 Å². The highest BCUT2D eigenvalue weighted by Gasteiger charge is 2.00. The second kappa shape index (κ2) is 5.03. The third-order valence-electron chi connectivity index (χ3n) is 0.957. The Labute approximate surface area is 49.3 Å². The highest BCUT2D eigenvalue weighted by molar-refractivity contribution is 4.79. The summed E-state index contributed by atoms with van der Waals surface area (Å²) in [6, 6.07) is -0.0694. The fourth-order valence-electron chi connectivity index (χ4n) is 0.411. The van der Waals surface area contributed by atoms with E-state index in [9.17, 15) is 0 Å². The highest BCUT2D eigenvalue weighted by atomic mass is 16.3. The Morgan fingerprint density at radius 3 is 2.38 bits per heavy atom. The van der Waals surface area contributed by atoms with Gasteiger partial charge < -0.3 is 15.5 Å². The van der Waals surface area contributed by atoms with E-state index in [-0.39, 0.29) is 19.3 Å². The van der Waals surface area contributed by atoms with Crippen molar-refractivity contribution in [2.75, 3.05) is 20.3 Å². The smallest absolute Gasteiger partial charge is 0.0588 e. The second-order valence-electron chi connectivity index (χ2n) is 1.50. The van der Waals surface area contributed by atoms with Gasteiger partial charge in [-0.2, -0.15) is 0 Å². The number of rotatable bonds is 4. The van der Waals surface area contributed by atoms with Gasteiger partial charge in [-0.05, 0) is 7.05 Å². The summed E-state index contributed by atoms with van der Waals surface area (Å²) in [5.74, 6) is 0. The molecule has 3 N–H and O–H groups in total. The molecule has 1 radical (unpaired) electrons. The van der Waals surface area contributed by atoms with Gasteiger partial charge in [-0.3, -0.25) is 0 Å². The molecule has 0 saturated carbocycles. The molecule has 0 aliphatic rings. The summed E-state index contributed by atoms with van der Waals surface area (Å²) in [6.07, 6.45) is 1.60. The second-order valence-corrected chi connectivity index (χ2v) is 1.50. The third-order valence-corrected chi connectivity index (χ3v) is 0.957. The van der Waals surface area contributed by atoms with E-state index in [0.29, 0.717) is 0 Å². The first-order chi connectivity index (χ1) is 3.85. The van der Waals surface area contributed by atoms with Crippen LogP contribution in [0, 0.1) is 6.42 Å². The highest BCUT2D eigenvalue weighted by Crippen LogP contribution is 1.83. The van der Waals surface area contributed by atoms with Crippen molar-refractivity contribution >= 4 is 0 Å². The molecule has 0 fully saturated rings. The van der Waals surface area contributed by atoms with E-state index >= 15 is 0 Å². The molecule has 0 aromatic rings. The van der Waals surface area contributed by atoms with Crippen LogP contribution in [-0.2, 0) is 0 Å². The average Bonchev–Trinajstić information content (AvgIpc) is 1.83. The van der Waals surface area contributed by atoms with Crippen LogP contribution in [0.4, 0.5) is 0 Å². The summed E-state index contributed by atoms with van der Waals surface area (Å²) in [7, 11) is 1.73. The lowest BCUT2D eigenvalue weighted by Crippen LogP contribution is -2.30. The predicted molar refractivity (Wildman–Crippen MR) is 31.3 cm³/mol. The van der Waals surface area contributed by atoms with Gasteiger partial charge >= 0.3 is 0 Å². The van der Waals surface area contributed by atoms with Gasteiger partial charge in [0.25, 0.3) is 0 Å². The van der Waals surface area contributed by atoms with Gasteiger partial charge in [0, 0.05) is 19.1 Å². The average molecular weight is 118 g/mol. The molecule has 0 saturated heterocycles. The molecule has 0 aromatic carbocycles. The van der Waals surface area contributed by atoms with Crippen LogP contribution in [0.3, 0.4) is 0 Å². The van der Waals surface area contributed by atoms with Crippen LogP contribution in [0.1, 0.15) is 0 Å². The molecule has 0 heterocycles. The molecular weight excluding hydrogens is 106 g/mol. The van der Waals surface area contributed by atoms with Crippen molar-refractivity contribution in [3.05, 3.63) is 6.42 Å². The molecule has 3 nitrogen and oxygen atoms in total. The lowest BCUT2D eigenvalue weighted by Gasteiger charge is -2.08. The number of hydrogen-bond donors (Lipinski definition) is 3. The summed E-state index contributed by atoms with van der Waals surface area (Å²) in [5, 5.41) is 19.5. The van der Waals surface area contributed by atoms with Gasteiger partial charge in [-0.25, -0.2) is 0 Å². The van der Waals surface area contributed by atoms with Crippen molar-refractivity contribution in [2.45, 2.75) is 6.04 Å². The van der Waals surface area contributed by atoms with Crippen LogP contribution in [0.2, 0.25) is 0 Å². The summed E-state index contributed by atoms with van der Waals surface area (Å²) in [5.41, 5.74) is 0. The van der Waals surface area contributed by atoms with E-state index in [1.807, 2.05) is 0 Å². The molecule has 0 spiro atoms. The molecular formula is C5H12NO2. The Morgan fingerprint density at radius 2 is 2.25 bits per heavy atom. The maximum absolute atomic E-state index is 8.45. The van der Waals surface area contributed by atoms with Gasteiger partial charge in [-0.1, -0.05) is 0 Å². The van der Waals surface area contributed by atoms with Crippen molar-refractivity contribution in [1.29, 1.82) is 0 Å². The van der Waals surface area contributed by atoms with Crippen molar-refractivity contribution in [3.63, 3.8) is 0 Å². The quantitative estimate of drug-likeness (QED) is 0.433. The van der Waals surface area contributed by atoms with Crippen molar-refractivity contribution in [2.24, 2.45) is 0 Å². The van der Waals surface area contributed by atoms with Crippen LogP contribution < -0.4 is 5.32 Å². The first kappa shape index (κ1) is 7.88. The lowest BCUT2D eigenvalue weighted by molar-refractivity contribution is 0.242. The molecule has 1 atom stereocenters. The summed E-state index contributed by atoms with van der Waals surface area (Å²) in [6.45, 7) is 0.0448. The first-order valence-electron chi connectivity index (χ1n) is 2.57. The molecule has 1 unspecified atom stereocenters. The SMILES string of the molecule is CNC([CH]CO)CO. The van der Waals surface area contributed by atoms with E-state index < -0.39 is 0 Å². The monoisotopic (exact) mass is 118 g/mol. The van der Waals surface area contributed by atoms with E-state index in [2.05, 4.69) is 5.32 Å². The Morgan fingerprint density at radius 1 is 1.62 bits per heavy atom. The van der Waals surface area contributed by atoms with Gasteiger partial charge in [0.1, 0.15) is 0 Å². The summed E-state index contributed by atoms with van der Waals surface area (Å²) in [4.78, 5) is 0. The maximum atomic E-state index is 8.45. The Bertz CT molecular complexity index is 45.7. The zero-order chi connectivity index (χ0) is 6.41. The molecule has 0 aliphatic heterocycles. The van der Waals surface area contributed by atoms with Gasteiger partial charge in [0.15, 0.2) is 0 Å². The maximum Gasteiger partial charge on any atom is 0.0588 e. The molecule has 0 aromatic heterocycles. The van der Waals surface area contributed by atoms with E-state index in [1.165, 1.54) is 0 Å². The van der Waals surface area contributed by atoms with Crippen molar-refractivity contribution in [3.8, 4) is 0 Å². The standard InChI is InChI=1S/C5H12NO2/c1-6-5(4-8)2-3-7/h2,5-8H,3-4H2,1H3. The van der Waals surface area contributed by atoms with E-state index in [4.69, 9.17) is 10.2 Å². The van der Waals surface area contributed by atoms with Gasteiger partial charge in [0.2, 0.25) is 0 Å². The molecule has 3 heteroatoms. The Hall–Kier alpha value is -0.120. The van der Waals surface area contributed by atoms with E-state index in [0.717, 1.165) is 0 Å². The fraction of sp³-hybridized carbons (Fsp3) is 0.800. The Balaban J connectivity index is 3.07. The number of aliphatic hydroxyl groups is 2. The normalized spacial score (nSPS) is 13.9. The molecule has 0 rings (SSSR count). The van der Waals surface area contributed by atoms with Crippen LogP contribution in [0.15, 0.2) is 0 Å². The van der Waals surface area contributed by atoms with Crippen LogP contribution in [-0.4, -0.2) is 36.5 Å². The lowest BCUT2D eigenvalue weighted by atomic mass is 10.2. The van der Waals surface area contributed by atoms with Crippen molar-refractivity contribution < 1.29 is 10.2 Å². The zero-order valence-electron chi connectivity index (χ0n) is 4.96. The third kappa shape index (κ3) is 2.96. The minimum atomic E-state index is -0.0694. The number of hydrogen-bond acceptors (Lipinski definition) is 3. The molecule has 8 heavy (non-hydrogen) atoms. The molecule has 0 amide bonds. The summed E-state index contributed by atoms with van der Waals surface area (Å²) >= 11 is 0. The number of nitrogens with one attached hydrogen (secondary N) is 1. The largest absolute Gasteiger partial charge is 0.396 e. The minimum Gasteiger partial charge on any atom is -0.396 e. The Kier molecular flexibility index (Phi) is 4.95. The zero-order valence-corrected chi connectivity index (χ0v) is 4.96. The van der Waals surface area contributed by atoms with Crippen molar-refractivity contribution in [1.82, 2.24) is 5.32 Å². The molecule has 0 aliphatic carbocycles. The summed E-state index contributed by atoms with van der Waals surface area (Å²) < 4.78 is 0. The topological polar surface area (TPSA) is 52.5 Å². The first-order valence-corrected chi connectivity index (χ1v) is 2.57. The van der Waals surface area contributed by atoms with Crippen LogP contribution >= 0.6 is 0 Å². The fourth-order valence-corrected chi connectivity index (χ4v) is 0.411. The van der Waals surface area contributed by atoms with Gasteiger partial charge in [-0.15, -0.1) is 0 Å². The molecule has 0 bridgehead atoms.